The SMILES string of the molecule is CC(C)OC(=O)c1cc2c(n(C3CC3)c1=O)-c1cc(Cl)c(O[C@H](C)C3CC3)cc1S(=O)(=O)C2. The number of esters is 1. The van der Waals surface area contributed by atoms with Gasteiger partial charge in [0.25, 0.3) is 5.56 Å². The number of sulfone groups is 1. The summed E-state index contributed by atoms with van der Waals surface area (Å²) in [7, 11) is -3.74. The van der Waals surface area contributed by atoms with Gasteiger partial charge in [0.1, 0.15) is 11.3 Å². The predicted molar refractivity (Wildman–Crippen MR) is 124 cm³/mol. The van der Waals surface area contributed by atoms with E-state index in [1.165, 1.54) is 12.1 Å². The maximum atomic E-state index is 13.4. The molecule has 2 aliphatic carbocycles. The van der Waals surface area contributed by atoms with Gasteiger partial charge in [-0.2, -0.15) is 0 Å². The molecule has 2 heterocycles. The number of benzene rings is 1. The van der Waals surface area contributed by atoms with Crippen LogP contribution in [0.3, 0.4) is 0 Å². The van der Waals surface area contributed by atoms with Gasteiger partial charge in [0.05, 0.1) is 33.6 Å². The number of fused-ring (bicyclic) bond motifs is 3. The van der Waals surface area contributed by atoms with Gasteiger partial charge in [0.15, 0.2) is 9.84 Å². The third kappa shape index (κ3) is 4.08. The Kier molecular flexibility index (Phi) is 5.36. The number of hydrogen-bond donors (Lipinski definition) is 0. The monoisotopic (exact) mass is 491 g/mol. The zero-order valence-corrected chi connectivity index (χ0v) is 20.3. The van der Waals surface area contributed by atoms with Crippen molar-refractivity contribution in [2.24, 2.45) is 5.92 Å². The van der Waals surface area contributed by atoms with E-state index >= 15 is 0 Å². The van der Waals surface area contributed by atoms with E-state index in [9.17, 15) is 18.0 Å². The molecule has 7 nitrogen and oxygen atoms in total. The second kappa shape index (κ2) is 7.87. The molecule has 1 aromatic carbocycles. The zero-order valence-electron chi connectivity index (χ0n) is 18.8. The van der Waals surface area contributed by atoms with Crippen molar-refractivity contribution in [3.63, 3.8) is 0 Å². The minimum atomic E-state index is -3.74. The molecule has 0 radical (unpaired) electrons. The summed E-state index contributed by atoms with van der Waals surface area (Å²) in [6.45, 7) is 5.35. The normalized spacial score (nSPS) is 19.5. The van der Waals surface area contributed by atoms with Crippen LogP contribution in [0.5, 0.6) is 5.75 Å². The zero-order chi connectivity index (χ0) is 23.7. The molecule has 0 N–H and O–H groups in total. The highest BCUT2D eigenvalue weighted by molar-refractivity contribution is 7.90. The predicted octanol–water partition coefficient (Wildman–Crippen LogP) is 4.53. The smallest absolute Gasteiger partial charge is 0.344 e. The number of carbonyl (C=O) groups excluding carboxylic acids is 1. The van der Waals surface area contributed by atoms with Crippen LogP contribution in [0.1, 0.15) is 68.4 Å². The van der Waals surface area contributed by atoms with Crippen molar-refractivity contribution in [1.29, 1.82) is 0 Å². The first-order valence-electron chi connectivity index (χ1n) is 11.3. The largest absolute Gasteiger partial charge is 0.489 e. The minimum Gasteiger partial charge on any atom is -0.489 e. The summed E-state index contributed by atoms with van der Waals surface area (Å²) in [4.78, 5) is 26.1. The van der Waals surface area contributed by atoms with Crippen LogP contribution < -0.4 is 10.3 Å². The van der Waals surface area contributed by atoms with E-state index in [4.69, 9.17) is 21.1 Å². The Balaban J connectivity index is 1.69. The van der Waals surface area contributed by atoms with Crippen LogP contribution in [-0.2, 0) is 20.3 Å². The average Bonchev–Trinajstić information content (AvgIpc) is 3.60. The maximum Gasteiger partial charge on any atom is 0.344 e. The van der Waals surface area contributed by atoms with Crippen molar-refractivity contribution in [3.8, 4) is 17.0 Å². The van der Waals surface area contributed by atoms with Crippen LogP contribution in [0.4, 0.5) is 0 Å². The lowest BCUT2D eigenvalue weighted by Crippen LogP contribution is -2.32. The lowest BCUT2D eigenvalue weighted by atomic mass is 10.0. The van der Waals surface area contributed by atoms with Gasteiger partial charge in [0, 0.05) is 17.7 Å². The molecule has 0 saturated heterocycles. The van der Waals surface area contributed by atoms with Crippen LogP contribution in [0.25, 0.3) is 11.3 Å². The fourth-order valence-corrected chi connectivity index (χ4v) is 6.19. The van der Waals surface area contributed by atoms with Crippen LogP contribution in [0, 0.1) is 5.92 Å². The van der Waals surface area contributed by atoms with Crippen LogP contribution in [0.2, 0.25) is 5.02 Å². The highest BCUT2D eigenvalue weighted by Crippen LogP contribution is 2.46. The molecule has 9 heteroatoms. The second-order valence-corrected chi connectivity index (χ2v) is 11.9. The third-order valence-electron chi connectivity index (χ3n) is 6.36. The highest BCUT2D eigenvalue weighted by atomic mass is 35.5. The van der Waals surface area contributed by atoms with Crippen molar-refractivity contribution in [3.05, 3.63) is 44.7 Å². The first-order chi connectivity index (χ1) is 15.6. The molecular formula is C24H26ClNO6S. The lowest BCUT2D eigenvalue weighted by Gasteiger charge is -2.26. The van der Waals surface area contributed by atoms with E-state index in [-0.39, 0.29) is 28.4 Å². The quantitative estimate of drug-likeness (QED) is 0.551. The Morgan fingerprint density at radius 3 is 2.42 bits per heavy atom. The van der Waals surface area contributed by atoms with Crippen molar-refractivity contribution in [1.82, 2.24) is 4.57 Å². The van der Waals surface area contributed by atoms with Crippen molar-refractivity contribution >= 4 is 27.4 Å². The van der Waals surface area contributed by atoms with E-state index in [0.717, 1.165) is 25.7 Å². The van der Waals surface area contributed by atoms with Crippen molar-refractivity contribution in [2.75, 3.05) is 0 Å². The number of nitrogens with zero attached hydrogens (tertiary/aromatic N) is 1. The third-order valence-corrected chi connectivity index (χ3v) is 8.35. The van der Waals surface area contributed by atoms with Gasteiger partial charge in [0.2, 0.25) is 0 Å². The van der Waals surface area contributed by atoms with E-state index < -0.39 is 27.5 Å². The van der Waals surface area contributed by atoms with Gasteiger partial charge >= 0.3 is 5.97 Å². The fraction of sp³-hybridized carbons (Fsp3) is 0.500. The molecule has 0 unspecified atom stereocenters. The summed E-state index contributed by atoms with van der Waals surface area (Å²) >= 11 is 6.53. The van der Waals surface area contributed by atoms with Gasteiger partial charge in [-0.3, -0.25) is 4.79 Å². The van der Waals surface area contributed by atoms with Gasteiger partial charge in [-0.15, -0.1) is 0 Å². The van der Waals surface area contributed by atoms with E-state index in [2.05, 4.69) is 0 Å². The second-order valence-electron chi connectivity index (χ2n) is 9.49. The first kappa shape index (κ1) is 22.5. The fourth-order valence-electron chi connectivity index (χ4n) is 4.42. The number of aromatic nitrogens is 1. The maximum absolute atomic E-state index is 13.4. The van der Waals surface area contributed by atoms with Crippen LogP contribution in [-0.4, -0.2) is 31.2 Å². The molecule has 2 saturated carbocycles. The Bertz CT molecular complexity index is 1320. The van der Waals surface area contributed by atoms with Gasteiger partial charge in [-0.25, -0.2) is 13.2 Å². The molecule has 33 heavy (non-hydrogen) atoms. The minimum absolute atomic E-state index is 0.0571. The van der Waals surface area contributed by atoms with Crippen molar-refractivity contribution in [2.45, 2.75) is 75.4 Å². The lowest BCUT2D eigenvalue weighted by molar-refractivity contribution is 0.0375. The molecule has 0 amide bonds. The number of rotatable bonds is 6. The Morgan fingerprint density at radius 1 is 1.12 bits per heavy atom. The van der Waals surface area contributed by atoms with E-state index in [0.29, 0.717) is 33.5 Å². The molecule has 1 aliphatic heterocycles. The summed E-state index contributed by atoms with van der Waals surface area (Å²) in [6.07, 6.45) is 3.28. The molecular weight excluding hydrogens is 466 g/mol. The summed E-state index contributed by atoms with van der Waals surface area (Å²) in [5, 5.41) is 0.294. The van der Waals surface area contributed by atoms with E-state index in [1.807, 2.05) is 6.92 Å². The van der Waals surface area contributed by atoms with Crippen molar-refractivity contribution < 1.29 is 22.7 Å². The van der Waals surface area contributed by atoms with Crippen LogP contribution in [0.15, 0.2) is 27.9 Å². The summed E-state index contributed by atoms with van der Waals surface area (Å²) in [6, 6.07) is 4.34. The molecule has 2 aromatic rings. The Morgan fingerprint density at radius 2 is 1.82 bits per heavy atom. The average molecular weight is 492 g/mol. The highest BCUT2D eigenvalue weighted by Gasteiger charge is 2.38. The summed E-state index contributed by atoms with van der Waals surface area (Å²) < 4.78 is 39.3. The van der Waals surface area contributed by atoms with E-state index in [1.54, 1.807) is 24.5 Å². The van der Waals surface area contributed by atoms with Crippen LogP contribution >= 0.6 is 11.6 Å². The summed E-state index contributed by atoms with van der Waals surface area (Å²) in [5.74, 6) is -0.271. The Labute approximate surface area is 197 Å². The molecule has 5 rings (SSSR count). The topological polar surface area (TPSA) is 91.7 Å². The molecule has 0 bridgehead atoms. The van der Waals surface area contributed by atoms with Gasteiger partial charge < -0.3 is 14.0 Å². The number of halogens is 1. The number of hydrogen-bond acceptors (Lipinski definition) is 6. The van der Waals surface area contributed by atoms with Gasteiger partial charge in [-0.05, 0) is 70.1 Å². The molecule has 3 aliphatic rings. The summed E-state index contributed by atoms with van der Waals surface area (Å²) in [5.41, 5.74) is 0.682. The number of ether oxygens (including phenoxy) is 2. The molecule has 0 spiro atoms. The molecule has 1 aromatic heterocycles. The number of carbonyl (C=O) groups is 1. The van der Waals surface area contributed by atoms with Gasteiger partial charge in [-0.1, -0.05) is 11.6 Å². The standard InChI is InChI=1S/C24H26ClNO6S/c1-12(2)31-24(28)18-8-15-11-33(29,30)21-10-20(32-13(3)14-4-5-14)19(25)9-17(21)22(15)26(23(18)27)16-6-7-16/h8-10,12-14,16H,4-7,11H2,1-3H3/t13-/m1/s1. The molecule has 1 atom stereocenters. The molecule has 176 valence electrons. The Hall–Kier alpha value is -2.32. The molecule has 2 fully saturated rings. The first-order valence-corrected chi connectivity index (χ1v) is 13.3. The number of pyridine rings is 1.